The first-order chi connectivity index (χ1) is 16.3. The topological polar surface area (TPSA) is 90.7 Å². The van der Waals surface area contributed by atoms with E-state index in [9.17, 15) is 9.59 Å². The lowest BCUT2D eigenvalue weighted by Crippen LogP contribution is -2.56. The minimum absolute atomic E-state index is 0.0328. The van der Waals surface area contributed by atoms with Gasteiger partial charge < -0.3 is 19.2 Å². The molecule has 1 fully saturated rings. The summed E-state index contributed by atoms with van der Waals surface area (Å²) in [6, 6.07) is 18.5. The van der Waals surface area contributed by atoms with Crippen molar-refractivity contribution in [1.82, 2.24) is 10.3 Å². The molecule has 1 aromatic heterocycles. The quantitative estimate of drug-likeness (QED) is 0.546. The summed E-state index contributed by atoms with van der Waals surface area (Å²) in [5.74, 6) is -0.590. The van der Waals surface area contributed by atoms with Gasteiger partial charge in [0, 0.05) is 24.3 Å². The number of aryl methyl sites for hydroxylation is 1. The number of benzene rings is 2. The van der Waals surface area contributed by atoms with Crippen molar-refractivity contribution in [2.24, 2.45) is 5.92 Å². The van der Waals surface area contributed by atoms with Crippen LogP contribution in [0.3, 0.4) is 0 Å². The van der Waals surface area contributed by atoms with Crippen LogP contribution in [-0.2, 0) is 31.9 Å². The molecule has 1 aliphatic heterocycles. The maximum Gasteiger partial charge on any atom is 0.280 e. The van der Waals surface area contributed by atoms with Crippen LogP contribution in [-0.4, -0.2) is 41.7 Å². The van der Waals surface area contributed by atoms with E-state index >= 15 is 0 Å². The van der Waals surface area contributed by atoms with Crippen LogP contribution in [0.5, 0.6) is 0 Å². The fourth-order valence-electron chi connectivity index (χ4n) is 3.85. The van der Waals surface area contributed by atoms with E-state index in [1.54, 1.807) is 13.8 Å². The van der Waals surface area contributed by atoms with Gasteiger partial charge in [-0.05, 0) is 38.5 Å². The molecule has 0 spiro atoms. The van der Waals surface area contributed by atoms with Crippen LogP contribution in [0.2, 0.25) is 0 Å². The summed E-state index contributed by atoms with van der Waals surface area (Å²) in [5.41, 5.74) is 2.68. The second-order valence-corrected chi connectivity index (χ2v) is 8.85. The van der Waals surface area contributed by atoms with Gasteiger partial charge in [0.25, 0.3) is 5.91 Å². The molecule has 4 rings (SSSR count). The number of ketones is 1. The predicted molar refractivity (Wildman–Crippen MR) is 127 cm³/mol. The summed E-state index contributed by atoms with van der Waals surface area (Å²) in [7, 11) is 0. The molecule has 1 aliphatic rings. The lowest BCUT2D eigenvalue weighted by molar-refractivity contribution is -0.260. The van der Waals surface area contributed by atoms with Crippen molar-refractivity contribution in [3.8, 4) is 11.5 Å². The lowest BCUT2D eigenvalue weighted by atomic mass is 10.0. The van der Waals surface area contributed by atoms with Crippen molar-refractivity contribution >= 4 is 11.7 Å². The molecule has 1 unspecified atom stereocenters. The molecule has 178 valence electrons. The zero-order valence-corrected chi connectivity index (χ0v) is 19.7. The van der Waals surface area contributed by atoms with Crippen molar-refractivity contribution in [1.29, 1.82) is 0 Å². The molecule has 3 aromatic rings. The van der Waals surface area contributed by atoms with E-state index in [1.807, 2.05) is 67.6 Å². The van der Waals surface area contributed by atoms with Gasteiger partial charge in [-0.1, -0.05) is 48.5 Å². The SMILES string of the molecule is Cc1oc(-c2ccccc2)nc1CC1COC(C)(C(=O)NC(C)C(=O)Cc2ccccc2)OC1. The van der Waals surface area contributed by atoms with E-state index < -0.39 is 17.7 Å². The Morgan fingerprint density at radius 2 is 1.68 bits per heavy atom. The van der Waals surface area contributed by atoms with E-state index in [0.717, 1.165) is 22.6 Å². The first kappa shape index (κ1) is 23.9. The van der Waals surface area contributed by atoms with Gasteiger partial charge in [-0.15, -0.1) is 0 Å². The summed E-state index contributed by atoms with van der Waals surface area (Å²) < 4.78 is 17.5. The Balaban J connectivity index is 1.30. The van der Waals surface area contributed by atoms with Crippen molar-refractivity contribution in [2.75, 3.05) is 13.2 Å². The molecule has 1 atom stereocenters. The van der Waals surface area contributed by atoms with Crippen molar-refractivity contribution in [2.45, 2.75) is 45.4 Å². The molecule has 2 heterocycles. The number of carbonyl (C=O) groups excluding carboxylic acids is 2. The number of oxazole rings is 1. The Morgan fingerprint density at radius 3 is 2.32 bits per heavy atom. The summed E-state index contributed by atoms with van der Waals surface area (Å²) in [6.45, 7) is 5.83. The van der Waals surface area contributed by atoms with Gasteiger partial charge in [0.05, 0.1) is 24.9 Å². The van der Waals surface area contributed by atoms with Crippen LogP contribution >= 0.6 is 0 Å². The Kier molecular flexibility index (Phi) is 7.24. The number of nitrogens with zero attached hydrogens (tertiary/aromatic N) is 1. The van der Waals surface area contributed by atoms with Crippen LogP contribution in [0.25, 0.3) is 11.5 Å². The summed E-state index contributed by atoms with van der Waals surface area (Å²) in [5, 5.41) is 2.74. The minimum atomic E-state index is -1.44. The van der Waals surface area contributed by atoms with Gasteiger partial charge in [-0.25, -0.2) is 4.98 Å². The molecule has 0 saturated carbocycles. The Hall–Kier alpha value is -3.29. The molecular weight excluding hydrogens is 432 g/mol. The number of carbonyl (C=O) groups is 2. The fraction of sp³-hybridized carbons (Fsp3) is 0.370. The Morgan fingerprint density at radius 1 is 1.06 bits per heavy atom. The molecule has 2 aromatic carbocycles. The third-order valence-electron chi connectivity index (χ3n) is 6.05. The molecule has 34 heavy (non-hydrogen) atoms. The smallest absolute Gasteiger partial charge is 0.280 e. The standard InChI is InChI=1S/C27H30N2O5/c1-18(24(30)15-20-10-6-4-7-11-20)28-26(31)27(3)32-16-21(17-33-27)14-23-19(2)34-25(29-23)22-12-8-5-9-13-22/h4-13,18,21H,14-17H2,1-3H3,(H,28,31). The maximum atomic E-state index is 12.8. The van der Waals surface area contributed by atoms with Gasteiger partial charge in [-0.3, -0.25) is 9.59 Å². The number of Topliss-reactive ketones (excluding diaryl/α,β-unsaturated/α-hetero) is 1. The zero-order chi connectivity index (χ0) is 24.1. The Bertz CT molecular complexity index is 1120. The van der Waals surface area contributed by atoms with Gasteiger partial charge in [0.1, 0.15) is 5.76 Å². The highest BCUT2D eigenvalue weighted by molar-refractivity contribution is 5.92. The van der Waals surface area contributed by atoms with E-state index in [4.69, 9.17) is 13.9 Å². The number of hydrogen-bond acceptors (Lipinski definition) is 6. The number of nitrogens with one attached hydrogen (secondary N) is 1. The van der Waals surface area contributed by atoms with Crippen LogP contribution in [0.15, 0.2) is 65.1 Å². The van der Waals surface area contributed by atoms with Gasteiger partial charge >= 0.3 is 0 Å². The molecule has 1 saturated heterocycles. The van der Waals surface area contributed by atoms with Gasteiger partial charge in [0.2, 0.25) is 11.7 Å². The minimum Gasteiger partial charge on any atom is -0.441 e. The molecule has 7 heteroatoms. The molecule has 0 radical (unpaired) electrons. The normalized spacial score (nSPS) is 21.1. The monoisotopic (exact) mass is 462 g/mol. The summed E-state index contributed by atoms with van der Waals surface area (Å²) in [4.78, 5) is 30.0. The first-order valence-electron chi connectivity index (χ1n) is 11.5. The van der Waals surface area contributed by atoms with Crippen LogP contribution in [0, 0.1) is 12.8 Å². The average molecular weight is 463 g/mol. The zero-order valence-electron chi connectivity index (χ0n) is 19.7. The predicted octanol–water partition coefficient (Wildman–Crippen LogP) is 3.89. The second-order valence-electron chi connectivity index (χ2n) is 8.85. The number of amides is 1. The molecule has 0 bridgehead atoms. The molecule has 0 aliphatic carbocycles. The molecular formula is C27H30N2O5. The van der Waals surface area contributed by atoms with Crippen LogP contribution in [0.4, 0.5) is 0 Å². The second kappa shape index (κ2) is 10.3. The molecule has 1 amide bonds. The van der Waals surface area contributed by atoms with E-state index in [0.29, 0.717) is 25.5 Å². The van der Waals surface area contributed by atoms with Crippen molar-refractivity contribution < 1.29 is 23.5 Å². The molecule has 7 nitrogen and oxygen atoms in total. The van der Waals surface area contributed by atoms with Crippen molar-refractivity contribution in [3.63, 3.8) is 0 Å². The summed E-state index contributed by atoms with van der Waals surface area (Å²) >= 11 is 0. The number of rotatable bonds is 8. The first-order valence-corrected chi connectivity index (χ1v) is 11.5. The van der Waals surface area contributed by atoms with Crippen LogP contribution < -0.4 is 5.32 Å². The number of aromatic nitrogens is 1. The Labute approximate surface area is 199 Å². The van der Waals surface area contributed by atoms with Crippen molar-refractivity contribution in [3.05, 3.63) is 77.7 Å². The third-order valence-corrected chi connectivity index (χ3v) is 6.05. The number of ether oxygens (including phenoxy) is 2. The van der Waals surface area contributed by atoms with Gasteiger partial charge in [0.15, 0.2) is 5.78 Å². The van der Waals surface area contributed by atoms with E-state index in [-0.39, 0.29) is 18.1 Å². The van der Waals surface area contributed by atoms with E-state index in [1.165, 1.54) is 0 Å². The van der Waals surface area contributed by atoms with Crippen LogP contribution in [0.1, 0.15) is 30.9 Å². The summed E-state index contributed by atoms with van der Waals surface area (Å²) in [6.07, 6.45) is 0.872. The van der Waals surface area contributed by atoms with E-state index in [2.05, 4.69) is 10.3 Å². The third kappa shape index (κ3) is 5.61. The average Bonchev–Trinajstić information content (AvgIpc) is 3.21. The lowest BCUT2D eigenvalue weighted by Gasteiger charge is -2.36. The maximum absolute atomic E-state index is 12.8. The highest BCUT2D eigenvalue weighted by Gasteiger charge is 2.41. The highest BCUT2D eigenvalue weighted by Crippen LogP contribution is 2.27. The molecule has 1 N–H and O–H groups in total. The number of hydrogen-bond donors (Lipinski definition) is 1. The highest BCUT2D eigenvalue weighted by atomic mass is 16.7. The van der Waals surface area contributed by atoms with Gasteiger partial charge in [-0.2, -0.15) is 0 Å². The fourth-order valence-corrected chi connectivity index (χ4v) is 3.85. The largest absolute Gasteiger partial charge is 0.441 e.